The smallest absolute Gasteiger partial charge is 0.377 e. The Morgan fingerprint density at radius 3 is 2.90 bits per heavy atom. The Bertz CT molecular complexity index is 518. The van der Waals surface area contributed by atoms with Gasteiger partial charge in [-0.3, -0.25) is 10.1 Å². The second-order valence-electron chi connectivity index (χ2n) is 4.42. The predicted molar refractivity (Wildman–Crippen MR) is 67.0 cm³/mol. The molecule has 1 aliphatic rings. The van der Waals surface area contributed by atoms with Crippen LogP contribution in [0.3, 0.4) is 0 Å². The minimum Gasteiger partial charge on any atom is -0.377 e. The second-order valence-corrected chi connectivity index (χ2v) is 4.42. The Balaban J connectivity index is 2.16. The second kappa shape index (κ2) is 6.22. The lowest BCUT2D eigenvalue weighted by molar-refractivity contribution is -0.384. The molecule has 7 nitrogen and oxygen atoms in total. The number of rotatable bonds is 4. The third kappa shape index (κ3) is 4.02. The SMILES string of the molecule is O=[N+]([O-])c1cnc(C(F)(F)F)cc1NCC1CNCCO1. The number of nitrogens with zero attached hydrogens (tertiary/aromatic N) is 2. The van der Waals surface area contributed by atoms with Crippen molar-refractivity contribution in [3.05, 3.63) is 28.1 Å². The molecule has 2 heterocycles. The molecule has 2 rings (SSSR count). The summed E-state index contributed by atoms with van der Waals surface area (Å²) in [7, 11) is 0. The van der Waals surface area contributed by atoms with Crippen LogP contribution in [-0.2, 0) is 10.9 Å². The summed E-state index contributed by atoms with van der Waals surface area (Å²) < 4.78 is 43.2. The maximum Gasteiger partial charge on any atom is 0.433 e. The molecular formula is C11H13F3N4O3. The van der Waals surface area contributed by atoms with Crippen molar-refractivity contribution in [2.24, 2.45) is 0 Å². The standard InChI is InChI=1S/C11H13F3N4O3/c12-11(13,14)10-3-8(9(6-17-10)18(19)20)16-5-7-4-15-1-2-21-7/h3,6-7,15H,1-2,4-5H2,(H,16,17). The van der Waals surface area contributed by atoms with Crippen LogP contribution in [0.4, 0.5) is 24.5 Å². The molecule has 21 heavy (non-hydrogen) atoms. The fourth-order valence-electron chi connectivity index (χ4n) is 1.86. The Hall–Kier alpha value is -1.94. The van der Waals surface area contributed by atoms with E-state index in [1.165, 1.54) is 0 Å². The van der Waals surface area contributed by atoms with E-state index in [2.05, 4.69) is 15.6 Å². The summed E-state index contributed by atoms with van der Waals surface area (Å²) in [6.45, 7) is 1.87. The predicted octanol–water partition coefficient (Wildman–Crippen LogP) is 1.41. The molecule has 1 unspecified atom stereocenters. The molecular weight excluding hydrogens is 293 g/mol. The van der Waals surface area contributed by atoms with E-state index in [4.69, 9.17) is 4.74 Å². The third-order valence-corrected chi connectivity index (χ3v) is 2.89. The van der Waals surface area contributed by atoms with Crippen molar-refractivity contribution < 1.29 is 22.8 Å². The zero-order chi connectivity index (χ0) is 15.5. The minimum absolute atomic E-state index is 0.162. The van der Waals surface area contributed by atoms with Crippen molar-refractivity contribution in [3.63, 3.8) is 0 Å². The number of halogens is 3. The van der Waals surface area contributed by atoms with Crippen LogP contribution in [0.15, 0.2) is 12.3 Å². The summed E-state index contributed by atoms with van der Waals surface area (Å²) in [5.41, 5.74) is -1.92. The summed E-state index contributed by atoms with van der Waals surface area (Å²) in [6.07, 6.45) is -4.32. The monoisotopic (exact) mass is 306 g/mol. The van der Waals surface area contributed by atoms with E-state index in [-0.39, 0.29) is 18.3 Å². The lowest BCUT2D eigenvalue weighted by atomic mass is 10.2. The number of pyridine rings is 1. The Labute approximate surface area is 117 Å². The molecule has 0 radical (unpaired) electrons. The fraction of sp³-hybridized carbons (Fsp3) is 0.545. The average Bonchev–Trinajstić information content (AvgIpc) is 2.45. The Kier molecular flexibility index (Phi) is 4.58. The molecule has 1 fully saturated rings. The first-order valence-electron chi connectivity index (χ1n) is 6.16. The molecule has 0 amide bonds. The van der Waals surface area contributed by atoms with Gasteiger partial charge in [-0.15, -0.1) is 0 Å². The van der Waals surface area contributed by atoms with Crippen molar-refractivity contribution in [2.75, 3.05) is 31.6 Å². The van der Waals surface area contributed by atoms with Gasteiger partial charge in [-0.2, -0.15) is 13.2 Å². The summed E-state index contributed by atoms with van der Waals surface area (Å²) in [4.78, 5) is 13.1. The third-order valence-electron chi connectivity index (χ3n) is 2.89. The molecule has 1 saturated heterocycles. The van der Waals surface area contributed by atoms with Gasteiger partial charge in [-0.25, -0.2) is 4.98 Å². The molecule has 116 valence electrons. The fourth-order valence-corrected chi connectivity index (χ4v) is 1.86. The normalized spacial score (nSPS) is 19.3. The van der Waals surface area contributed by atoms with Crippen LogP contribution in [0.25, 0.3) is 0 Å². The topological polar surface area (TPSA) is 89.3 Å². The van der Waals surface area contributed by atoms with Gasteiger partial charge in [0, 0.05) is 19.6 Å². The molecule has 1 aliphatic heterocycles. The van der Waals surface area contributed by atoms with Gasteiger partial charge in [0.05, 0.1) is 17.6 Å². The van der Waals surface area contributed by atoms with Gasteiger partial charge in [0.1, 0.15) is 17.6 Å². The lowest BCUT2D eigenvalue weighted by Crippen LogP contribution is -2.42. The number of anilines is 1. The molecule has 0 spiro atoms. The van der Waals surface area contributed by atoms with E-state index in [9.17, 15) is 23.3 Å². The molecule has 0 aliphatic carbocycles. The van der Waals surface area contributed by atoms with E-state index in [0.717, 1.165) is 0 Å². The van der Waals surface area contributed by atoms with Crippen molar-refractivity contribution >= 4 is 11.4 Å². The first-order valence-corrected chi connectivity index (χ1v) is 6.16. The molecule has 1 atom stereocenters. The molecule has 0 aromatic carbocycles. The van der Waals surface area contributed by atoms with E-state index >= 15 is 0 Å². The number of hydrogen-bond donors (Lipinski definition) is 2. The van der Waals surface area contributed by atoms with E-state index in [1.54, 1.807) is 0 Å². The summed E-state index contributed by atoms with van der Waals surface area (Å²) >= 11 is 0. The van der Waals surface area contributed by atoms with Gasteiger partial charge in [-0.1, -0.05) is 0 Å². The first-order chi connectivity index (χ1) is 9.88. The van der Waals surface area contributed by atoms with Gasteiger partial charge in [-0.05, 0) is 6.07 Å². The minimum atomic E-state index is -4.66. The highest BCUT2D eigenvalue weighted by molar-refractivity contribution is 5.61. The van der Waals surface area contributed by atoms with Crippen molar-refractivity contribution in [1.29, 1.82) is 0 Å². The van der Waals surface area contributed by atoms with Gasteiger partial charge >= 0.3 is 11.9 Å². The van der Waals surface area contributed by atoms with E-state index < -0.39 is 22.5 Å². The summed E-state index contributed by atoms with van der Waals surface area (Å²) in [5, 5.41) is 16.5. The van der Waals surface area contributed by atoms with Crippen molar-refractivity contribution in [2.45, 2.75) is 12.3 Å². The highest BCUT2D eigenvalue weighted by Crippen LogP contribution is 2.32. The van der Waals surface area contributed by atoms with E-state index in [1.807, 2.05) is 0 Å². The van der Waals surface area contributed by atoms with Crippen LogP contribution >= 0.6 is 0 Å². The zero-order valence-electron chi connectivity index (χ0n) is 10.8. The zero-order valence-corrected chi connectivity index (χ0v) is 10.8. The Morgan fingerprint density at radius 2 is 2.33 bits per heavy atom. The van der Waals surface area contributed by atoms with Gasteiger partial charge < -0.3 is 15.4 Å². The summed E-state index contributed by atoms with van der Waals surface area (Å²) in [5.74, 6) is 0. The molecule has 0 saturated carbocycles. The van der Waals surface area contributed by atoms with Gasteiger partial charge in [0.2, 0.25) is 0 Å². The van der Waals surface area contributed by atoms with Crippen LogP contribution in [-0.4, -0.2) is 42.3 Å². The number of morpholine rings is 1. The van der Waals surface area contributed by atoms with Crippen LogP contribution in [0.5, 0.6) is 0 Å². The first kappa shape index (κ1) is 15.4. The van der Waals surface area contributed by atoms with Crippen LogP contribution < -0.4 is 10.6 Å². The van der Waals surface area contributed by atoms with Gasteiger partial charge in [0.25, 0.3) is 0 Å². The number of ether oxygens (including phenoxy) is 1. The molecule has 10 heteroatoms. The van der Waals surface area contributed by atoms with Gasteiger partial charge in [0.15, 0.2) is 0 Å². The average molecular weight is 306 g/mol. The van der Waals surface area contributed by atoms with Crippen molar-refractivity contribution in [3.8, 4) is 0 Å². The number of aromatic nitrogens is 1. The maximum absolute atomic E-state index is 12.6. The quantitative estimate of drug-likeness (QED) is 0.646. The highest BCUT2D eigenvalue weighted by Gasteiger charge is 2.34. The number of nitrogens with one attached hydrogen (secondary N) is 2. The summed E-state index contributed by atoms with van der Waals surface area (Å²) in [6, 6.07) is 0.633. The van der Waals surface area contributed by atoms with Crippen LogP contribution in [0, 0.1) is 10.1 Å². The molecule has 1 aromatic heterocycles. The highest BCUT2D eigenvalue weighted by atomic mass is 19.4. The van der Waals surface area contributed by atoms with Crippen molar-refractivity contribution in [1.82, 2.24) is 10.3 Å². The van der Waals surface area contributed by atoms with E-state index in [0.29, 0.717) is 32.0 Å². The molecule has 2 N–H and O–H groups in total. The van der Waals surface area contributed by atoms with Crippen LogP contribution in [0.2, 0.25) is 0 Å². The maximum atomic E-state index is 12.6. The Morgan fingerprint density at radius 1 is 1.57 bits per heavy atom. The molecule has 0 bridgehead atoms. The largest absolute Gasteiger partial charge is 0.433 e. The lowest BCUT2D eigenvalue weighted by Gasteiger charge is -2.24. The number of alkyl halides is 3. The van der Waals surface area contributed by atoms with Crippen LogP contribution in [0.1, 0.15) is 5.69 Å². The number of hydrogen-bond acceptors (Lipinski definition) is 6. The molecule has 1 aromatic rings. The number of nitro groups is 1.